The van der Waals surface area contributed by atoms with E-state index in [1.54, 1.807) is 42.7 Å². The number of fused-ring (bicyclic) bond motifs is 3. The van der Waals surface area contributed by atoms with E-state index in [0.29, 0.717) is 36.4 Å². The average Bonchev–Trinajstić information content (AvgIpc) is 3.54. The summed E-state index contributed by atoms with van der Waals surface area (Å²) in [6.07, 6.45) is 4.60. The molecule has 0 radical (unpaired) electrons. The quantitative estimate of drug-likeness (QED) is 0.470. The highest BCUT2D eigenvalue weighted by atomic mass is 32.2. The second-order valence-corrected chi connectivity index (χ2v) is 10.6. The molecule has 1 aromatic carbocycles. The Balaban J connectivity index is 1.48. The number of aryl methyl sites for hydroxylation is 1. The van der Waals surface area contributed by atoms with Gasteiger partial charge in [0, 0.05) is 25.0 Å². The largest absolute Gasteiger partial charge is 0.348 e. The van der Waals surface area contributed by atoms with Crippen molar-refractivity contribution in [2.75, 3.05) is 13.2 Å². The van der Waals surface area contributed by atoms with Gasteiger partial charge in [-0.25, -0.2) is 17.4 Å². The van der Waals surface area contributed by atoms with Crippen molar-refractivity contribution in [1.82, 2.24) is 23.6 Å². The Labute approximate surface area is 185 Å². The van der Waals surface area contributed by atoms with Crippen molar-refractivity contribution in [2.45, 2.75) is 43.3 Å². The predicted molar refractivity (Wildman–Crippen MR) is 116 cm³/mol. The molecule has 2 fully saturated rings. The van der Waals surface area contributed by atoms with E-state index >= 15 is 0 Å². The van der Waals surface area contributed by atoms with Crippen molar-refractivity contribution < 1.29 is 17.9 Å². The van der Waals surface area contributed by atoms with Crippen LogP contribution in [0.15, 0.2) is 47.6 Å². The molecule has 1 saturated carbocycles. The first kappa shape index (κ1) is 19.8. The maximum absolute atomic E-state index is 13.3. The van der Waals surface area contributed by atoms with Gasteiger partial charge in [-0.2, -0.15) is 0 Å². The zero-order valence-corrected chi connectivity index (χ0v) is 18.6. The van der Waals surface area contributed by atoms with Crippen LogP contribution in [0.4, 0.5) is 0 Å². The summed E-state index contributed by atoms with van der Waals surface area (Å²) in [5, 5.41) is 8.79. The maximum Gasteiger partial charge on any atom is 0.269 e. The minimum absolute atomic E-state index is 0.0748. The van der Waals surface area contributed by atoms with Crippen LogP contribution in [0.3, 0.4) is 0 Å². The number of benzene rings is 1. The van der Waals surface area contributed by atoms with Gasteiger partial charge >= 0.3 is 0 Å². The van der Waals surface area contributed by atoms with E-state index in [-0.39, 0.29) is 16.7 Å². The van der Waals surface area contributed by atoms with Crippen molar-refractivity contribution in [3.63, 3.8) is 0 Å². The van der Waals surface area contributed by atoms with Crippen molar-refractivity contribution in [2.24, 2.45) is 5.92 Å². The molecule has 0 unspecified atom stereocenters. The van der Waals surface area contributed by atoms with Crippen molar-refractivity contribution in [3.8, 4) is 0 Å². The van der Waals surface area contributed by atoms with E-state index in [9.17, 15) is 8.42 Å². The Bertz CT molecular complexity index is 1430. The highest BCUT2D eigenvalue weighted by Crippen LogP contribution is 2.48. The summed E-state index contributed by atoms with van der Waals surface area (Å²) in [5.74, 6) is 0.581. The van der Waals surface area contributed by atoms with Crippen LogP contribution in [0.2, 0.25) is 0 Å². The minimum atomic E-state index is -3.79. The van der Waals surface area contributed by atoms with E-state index in [2.05, 4.69) is 22.1 Å². The van der Waals surface area contributed by atoms with Crippen LogP contribution in [0, 0.1) is 12.8 Å². The second-order valence-electron chi connectivity index (χ2n) is 8.75. The van der Waals surface area contributed by atoms with E-state index in [0.717, 1.165) is 17.8 Å². The Morgan fingerprint density at radius 3 is 2.56 bits per heavy atom. The third-order valence-corrected chi connectivity index (χ3v) is 8.32. The van der Waals surface area contributed by atoms with Crippen molar-refractivity contribution >= 4 is 26.8 Å². The summed E-state index contributed by atoms with van der Waals surface area (Å²) < 4.78 is 41.6. The lowest BCUT2D eigenvalue weighted by atomic mass is 9.97. The molecule has 4 heterocycles. The summed E-state index contributed by atoms with van der Waals surface area (Å²) in [4.78, 5) is 4.64. The molecular formula is C22H23N5O4S. The first-order chi connectivity index (χ1) is 15.4. The van der Waals surface area contributed by atoms with E-state index in [1.807, 2.05) is 11.3 Å². The van der Waals surface area contributed by atoms with E-state index in [4.69, 9.17) is 9.47 Å². The predicted octanol–water partition coefficient (Wildman–Crippen LogP) is 2.88. The number of hydrogen-bond acceptors (Lipinski definition) is 7. The third kappa shape index (κ3) is 2.83. The molecule has 1 aliphatic carbocycles. The van der Waals surface area contributed by atoms with Crippen LogP contribution < -0.4 is 0 Å². The fourth-order valence-corrected chi connectivity index (χ4v) is 6.34. The van der Waals surface area contributed by atoms with E-state index < -0.39 is 15.8 Å². The Morgan fingerprint density at radius 1 is 1.06 bits per heavy atom. The highest BCUT2D eigenvalue weighted by molar-refractivity contribution is 7.90. The maximum atomic E-state index is 13.3. The highest BCUT2D eigenvalue weighted by Gasteiger charge is 2.49. The summed E-state index contributed by atoms with van der Waals surface area (Å²) >= 11 is 0. The topological polar surface area (TPSA) is 101 Å². The summed E-state index contributed by atoms with van der Waals surface area (Å²) in [6, 6.07) is 8.55. The zero-order valence-electron chi connectivity index (χ0n) is 17.8. The number of aromatic nitrogens is 5. The van der Waals surface area contributed by atoms with Crippen LogP contribution in [-0.4, -0.2) is 51.0 Å². The Kier molecular flexibility index (Phi) is 4.24. The van der Waals surface area contributed by atoms with Crippen LogP contribution in [0.1, 0.15) is 37.1 Å². The molecule has 2 aliphatic rings. The van der Waals surface area contributed by atoms with Gasteiger partial charge in [0.15, 0.2) is 17.1 Å². The molecule has 1 spiro atoms. The molecule has 3 aromatic heterocycles. The molecule has 32 heavy (non-hydrogen) atoms. The second kappa shape index (κ2) is 6.84. The monoisotopic (exact) mass is 453 g/mol. The molecule has 10 heteroatoms. The van der Waals surface area contributed by atoms with Gasteiger partial charge < -0.3 is 9.47 Å². The first-order valence-electron chi connectivity index (χ1n) is 10.7. The smallest absolute Gasteiger partial charge is 0.269 e. The molecule has 2 atom stereocenters. The van der Waals surface area contributed by atoms with Crippen LogP contribution in [-0.2, 0) is 19.5 Å². The molecule has 1 aliphatic heterocycles. The molecule has 166 valence electrons. The lowest BCUT2D eigenvalue weighted by Gasteiger charge is -2.21. The summed E-state index contributed by atoms with van der Waals surface area (Å²) in [7, 11) is -3.79. The summed E-state index contributed by atoms with van der Waals surface area (Å²) in [6.45, 7) is 5.29. The SMILES string of the molecule is Cc1ccc(S(=O)(=O)n2ccc3c2ncc2nnc([C@H]4CC5(C[C@H]4C)OCCO5)n23)cc1. The fraction of sp³-hybridized carbons (Fsp3) is 0.409. The normalized spacial score (nSPS) is 23.1. The summed E-state index contributed by atoms with van der Waals surface area (Å²) in [5.41, 5.74) is 2.57. The molecule has 0 N–H and O–H groups in total. The molecule has 0 amide bonds. The van der Waals surface area contributed by atoms with Crippen molar-refractivity contribution in [1.29, 1.82) is 0 Å². The van der Waals surface area contributed by atoms with Crippen molar-refractivity contribution in [3.05, 3.63) is 54.1 Å². The molecule has 6 rings (SSSR count). The lowest BCUT2D eigenvalue weighted by molar-refractivity contribution is -0.152. The number of hydrogen-bond donors (Lipinski definition) is 0. The van der Waals surface area contributed by atoms with Gasteiger partial charge in [-0.15, -0.1) is 10.2 Å². The van der Waals surface area contributed by atoms with Gasteiger partial charge in [0.25, 0.3) is 10.0 Å². The Morgan fingerprint density at radius 2 is 1.81 bits per heavy atom. The number of nitrogens with zero attached hydrogens (tertiary/aromatic N) is 5. The van der Waals surface area contributed by atoms with Gasteiger partial charge in [-0.05, 0) is 31.0 Å². The van der Waals surface area contributed by atoms with Crippen LogP contribution >= 0.6 is 0 Å². The molecule has 4 aromatic rings. The first-order valence-corrected chi connectivity index (χ1v) is 12.1. The molecule has 9 nitrogen and oxygen atoms in total. The number of ether oxygens (including phenoxy) is 2. The average molecular weight is 454 g/mol. The zero-order chi connectivity index (χ0) is 22.1. The fourth-order valence-electron chi connectivity index (χ4n) is 5.04. The Hall–Kier alpha value is -2.82. The number of rotatable bonds is 3. The van der Waals surface area contributed by atoms with Crippen LogP contribution in [0.5, 0.6) is 0 Å². The third-order valence-electron chi connectivity index (χ3n) is 6.64. The van der Waals surface area contributed by atoms with Gasteiger partial charge in [0.1, 0.15) is 5.82 Å². The van der Waals surface area contributed by atoms with Gasteiger partial charge in [0.2, 0.25) is 0 Å². The standard InChI is InChI=1S/C22H23N5O4S/c1-14-3-5-16(6-4-14)32(28,29)26-8-7-18-21(26)23-13-19-24-25-20(27(18)19)17-12-22(11-15(17)2)30-9-10-31-22/h3-8,13,15,17H,9-12H2,1-2H3/t15-,17+/m1/s1. The van der Waals surface area contributed by atoms with Gasteiger partial charge in [0.05, 0.1) is 29.8 Å². The lowest BCUT2D eigenvalue weighted by Crippen LogP contribution is -2.26. The minimum Gasteiger partial charge on any atom is -0.348 e. The van der Waals surface area contributed by atoms with Crippen LogP contribution in [0.25, 0.3) is 16.8 Å². The molecule has 1 saturated heterocycles. The van der Waals surface area contributed by atoms with Gasteiger partial charge in [-0.1, -0.05) is 24.6 Å². The molecule has 0 bridgehead atoms. The van der Waals surface area contributed by atoms with Gasteiger partial charge in [-0.3, -0.25) is 4.40 Å². The van der Waals surface area contributed by atoms with E-state index in [1.165, 1.54) is 3.97 Å². The molecular weight excluding hydrogens is 430 g/mol.